The molecule has 0 aromatic heterocycles. The lowest BCUT2D eigenvalue weighted by molar-refractivity contribution is -0.133. The van der Waals surface area contributed by atoms with Crippen molar-refractivity contribution in [3.63, 3.8) is 0 Å². The summed E-state index contributed by atoms with van der Waals surface area (Å²) in [5, 5.41) is 5.44. The molecule has 0 saturated heterocycles. The quantitative estimate of drug-likeness (QED) is 0.838. The number of carbonyl (C=O) groups excluding carboxylic acids is 2. The lowest BCUT2D eigenvalue weighted by atomic mass is 10.1. The van der Waals surface area contributed by atoms with Gasteiger partial charge in [0, 0.05) is 5.69 Å². The van der Waals surface area contributed by atoms with E-state index in [1.165, 1.54) is 0 Å². The number of hydrogen-bond donors (Lipinski definition) is 2. The third-order valence-electron chi connectivity index (χ3n) is 3.89. The largest absolute Gasteiger partial charge is 0.468 e. The zero-order valence-corrected chi connectivity index (χ0v) is 13.3. The molecular weight excluding hydrogens is 292 g/mol. The first-order chi connectivity index (χ1) is 10.9. The van der Waals surface area contributed by atoms with Crippen LogP contribution in [0.2, 0.25) is 0 Å². The van der Waals surface area contributed by atoms with Gasteiger partial charge in [-0.1, -0.05) is 12.1 Å². The number of nitrogens with one attached hydrogen (secondary N) is 2. The summed E-state index contributed by atoms with van der Waals surface area (Å²) in [4.78, 5) is 24.5. The van der Waals surface area contributed by atoms with Crippen molar-refractivity contribution in [2.45, 2.75) is 26.9 Å². The lowest BCUT2D eigenvalue weighted by Gasteiger charge is -2.25. The monoisotopic (exact) mass is 310 g/mol. The van der Waals surface area contributed by atoms with Crippen LogP contribution in [-0.2, 0) is 9.59 Å². The second kappa shape index (κ2) is 5.76. The van der Waals surface area contributed by atoms with Crippen molar-refractivity contribution in [1.29, 1.82) is 0 Å². The normalized spacial score (nSPS) is 16.1. The predicted molar refractivity (Wildman–Crippen MR) is 88.8 cm³/mol. The van der Waals surface area contributed by atoms with Crippen molar-refractivity contribution >= 4 is 23.2 Å². The van der Waals surface area contributed by atoms with Crippen LogP contribution in [-0.4, -0.2) is 17.9 Å². The van der Waals surface area contributed by atoms with Crippen LogP contribution in [0.5, 0.6) is 5.75 Å². The molecule has 0 bridgehead atoms. The minimum atomic E-state index is -1.20. The van der Waals surface area contributed by atoms with E-state index in [0.717, 1.165) is 16.7 Å². The molecule has 2 amide bonds. The minimum Gasteiger partial charge on any atom is -0.468 e. The third kappa shape index (κ3) is 3.04. The SMILES string of the molecule is Cc1ccc2c(c1)NC(=O)C(C(=O)Nc1ccc(C)c(C)c1)O2. The summed E-state index contributed by atoms with van der Waals surface area (Å²) in [6.45, 7) is 5.88. The number of fused-ring (bicyclic) bond motifs is 1. The van der Waals surface area contributed by atoms with Crippen LogP contribution in [0.3, 0.4) is 0 Å². The molecule has 1 aliphatic heterocycles. The van der Waals surface area contributed by atoms with Crippen LogP contribution >= 0.6 is 0 Å². The molecule has 5 nitrogen and oxygen atoms in total. The van der Waals surface area contributed by atoms with Crippen LogP contribution in [0, 0.1) is 20.8 Å². The Balaban J connectivity index is 1.78. The molecule has 1 heterocycles. The van der Waals surface area contributed by atoms with Gasteiger partial charge in [-0.25, -0.2) is 0 Å². The van der Waals surface area contributed by atoms with Crippen LogP contribution in [0.25, 0.3) is 0 Å². The Labute approximate surface area is 134 Å². The highest BCUT2D eigenvalue weighted by Crippen LogP contribution is 2.30. The Hall–Kier alpha value is -2.82. The number of hydrogen-bond acceptors (Lipinski definition) is 3. The van der Waals surface area contributed by atoms with Crippen LogP contribution < -0.4 is 15.4 Å². The van der Waals surface area contributed by atoms with Crippen molar-refractivity contribution in [1.82, 2.24) is 0 Å². The molecule has 1 unspecified atom stereocenters. The number of aryl methyl sites for hydroxylation is 3. The van der Waals surface area contributed by atoms with Crippen molar-refractivity contribution in [3.05, 3.63) is 53.1 Å². The van der Waals surface area contributed by atoms with Gasteiger partial charge in [-0.15, -0.1) is 0 Å². The van der Waals surface area contributed by atoms with Gasteiger partial charge in [0.1, 0.15) is 5.75 Å². The highest BCUT2D eigenvalue weighted by molar-refractivity contribution is 6.15. The summed E-state index contributed by atoms with van der Waals surface area (Å²) in [5.41, 5.74) is 4.44. The average Bonchev–Trinajstić information content (AvgIpc) is 2.50. The van der Waals surface area contributed by atoms with E-state index in [0.29, 0.717) is 17.1 Å². The van der Waals surface area contributed by atoms with E-state index < -0.39 is 17.9 Å². The van der Waals surface area contributed by atoms with E-state index >= 15 is 0 Å². The molecule has 2 N–H and O–H groups in total. The van der Waals surface area contributed by atoms with E-state index in [1.54, 1.807) is 12.1 Å². The predicted octanol–water partition coefficient (Wildman–Crippen LogP) is 2.95. The Bertz CT molecular complexity index is 799. The number of benzene rings is 2. The molecule has 0 saturated carbocycles. The molecule has 2 aromatic carbocycles. The van der Waals surface area contributed by atoms with Gasteiger partial charge in [-0.2, -0.15) is 0 Å². The number of carbonyl (C=O) groups is 2. The number of ether oxygens (including phenoxy) is 1. The van der Waals surface area contributed by atoms with Crippen molar-refractivity contribution in [2.75, 3.05) is 10.6 Å². The van der Waals surface area contributed by atoms with Crippen LogP contribution in [0.4, 0.5) is 11.4 Å². The van der Waals surface area contributed by atoms with E-state index in [1.807, 2.05) is 45.0 Å². The topological polar surface area (TPSA) is 67.4 Å². The van der Waals surface area contributed by atoms with Gasteiger partial charge in [0.2, 0.25) is 0 Å². The van der Waals surface area contributed by atoms with Gasteiger partial charge in [-0.3, -0.25) is 9.59 Å². The van der Waals surface area contributed by atoms with E-state index in [-0.39, 0.29) is 0 Å². The van der Waals surface area contributed by atoms with Gasteiger partial charge in [-0.05, 0) is 61.7 Å². The molecule has 0 radical (unpaired) electrons. The maximum absolute atomic E-state index is 12.4. The first-order valence-corrected chi connectivity index (χ1v) is 7.40. The van der Waals surface area contributed by atoms with Crippen LogP contribution in [0.1, 0.15) is 16.7 Å². The number of amides is 2. The first-order valence-electron chi connectivity index (χ1n) is 7.40. The summed E-state index contributed by atoms with van der Waals surface area (Å²) < 4.78 is 5.56. The summed E-state index contributed by atoms with van der Waals surface area (Å²) in [5.74, 6) is -0.461. The van der Waals surface area contributed by atoms with Crippen molar-refractivity contribution < 1.29 is 14.3 Å². The molecule has 3 rings (SSSR count). The zero-order chi connectivity index (χ0) is 16.6. The van der Waals surface area contributed by atoms with Gasteiger partial charge in [0.05, 0.1) is 5.69 Å². The molecule has 1 atom stereocenters. The molecule has 1 aliphatic rings. The first kappa shape index (κ1) is 15.1. The second-order valence-electron chi connectivity index (χ2n) is 5.78. The Morgan fingerprint density at radius 3 is 2.61 bits per heavy atom. The molecule has 23 heavy (non-hydrogen) atoms. The Morgan fingerprint density at radius 1 is 1.09 bits per heavy atom. The lowest BCUT2D eigenvalue weighted by Crippen LogP contribution is -2.45. The molecule has 0 aliphatic carbocycles. The minimum absolute atomic E-state index is 0.468. The standard InChI is InChI=1S/C18H18N2O3/c1-10-4-7-15-14(8-10)20-18(22)16(23-15)17(21)19-13-6-5-11(2)12(3)9-13/h4-9,16H,1-3H3,(H,19,21)(H,20,22). The van der Waals surface area contributed by atoms with E-state index in [9.17, 15) is 9.59 Å². The summed E-state index contributed by atoms with van der Waals surface area (Å²) in [6.07, 6.45) is -1.20. The van der Waals surface area contributed by atoms with Gasteiger partial charge in [0.25, 0.3) is 17.9 Å². The molecule has 0 fully saturated rings. The zero-order valence-electron chi connectivity index (χ0n) is 13.3. The third-order valence-corrected chi connectivity index (χ3v) is 3.89. The summed E-state index contributed by atoms with van der Waals surface area (Å²) in [6, 6.07) is 11.0. The molecule has 0 spiro atoms. The molecule has 118 valence electrons. The van der Waals surface area contributed by atoms with E-state index in [4.69, 9.17) is 4.74 Å². The molecular formula is C18H18N2O3. The van der Waals surface area contributed by atoms with Gasteiger partial charge < -0.3 is 15.4 Å². The summed E-state index contributed by atoms with van der Waals surface area (Å²) >= 11 is 0. The fourth-order valence-corrected chi connectivity index (χ4v) is 2.42. The Morgan fingerprint density at radius 2 is 1.87 bits per heavy atom. The van der Waals surface area contributed by atoms with Crippen molar-refractivity contribution in [2.24, 2.45) is 0 Å². The smallest absolute Gasteiger partial charge is 0.275 e. The fourth-order valence-electron chi connectivity index (χ4n) is 2.42. The summed E-state index contributed by atoms with van der Waals surface area (Å²) in [7, 11) is 0. The van der Waals surface area contributed by atoms with Gasteiger partial charge >= 0.3 is 0 Å². The number of rotatable bonds is 2. The maximum Gasteiger partial charge on any atom is 0.275 e. The molecule has 2 aromatic rings. The number of anilines is 2. The van der Waals surface area contributed by atoms with Crippen molar-refractivity contribution in [3.8, 4) is 5.75 Å². The van der Waals surface area contributed by atoms with E-state index in [2.05, 4.69) is 10.6 Å². The average molecular weight is 310 g/mol. The highest BCUT2D eigenvalue weighted by atomic mass is 16.5. The van der Waals surface area contributed by atoms with Gasteiger partial charge in [0.15, 0.2) is 0 Å². The second-order valence-corrected chi connectivity index (χ2v) is 5.78. The fraction of sp³-hybridized carbons (Fsp3) is 0.222. The van der Waals surface area contributed by atoms with Crippen LogP contribution in [0.15, 0.2) is 36.4 Å². The highest BCUT2D eigenvalue weighted by Gasteiger charge is 2.34. The Kier molecular flexibility index (Phi) is 3.78. The maximum atomic E-state index is 12.4. The molecule has 5 heteroatoms.